The van der Waals surface area contributed by atoms with E-state index in [1.807, 2.05) is 0 Å². The summed E-state index contributed by atoms with van der Waals surface area (Å²) in [5.74, 6) is -0.369. The summed E-state index contributed by atoms with van der Waals surface area (Å²) in [6.45, 7) is 7.48. The first-order valence-corrected chi connectivity index (χ1v) is 5.03. The van der Waals surface area contributed by atoms with Gasteiger partial charge in [-0.1, -0.05) is 6.08 Å². The lowest BCUT2D eigenvalue weighted by atomic mass is 10.1. The first-order valence-electron chi connectivity index (χ1n) is 5.03. The van der Waals surface area contributed by atoms with Crippen LogP contribution in [0.2, 0.25) is 0 Å². The first kappa shape index (κ1) is 12.2. The molecule has 5 heteroatoms. The average Bonchev–Trinajstić information content (AvgIpc) is 2.24. The Kier molecular flexibility index (Phi) is 3.99. The number of aromatic nitrogens is 2. The number of amides is 1. The normalized spacial score (nSPS) is 9.88. The van der Waals surface area contributed by atoms with E-state index in [0.29, 0.717) is 24.2 Å². The van der Waals surface area contributed by atoms with Crippen LogP contribution in [0, 0.1) is 13.8 Å². The number of carbonyl (C=O) groups is 1. The highest BCUT2D eigenvalue weighted by molar-refractivity contribution is 5.95. The Morgan fingerprint density at radius 2 is 2.25 bits per heavy atom. The predicted molar refractivity (Wildman–Crippen MR) is 61.5 cm³/mol. The minimum absolute atomic E-state index is 0.136. The van der Waals surface area contributed by atoms with E-state index in [9.17, 15) is 9.59 Å². The van der Waals surface area contributed by atoms with Crippen LogP contribution < -0.4 is 10.9 Å². The zero-order valence-corrected chi connectivity index (χ0v) is 9.46. The molecule has 0 aliphatic heterocycles. The van der Waals surface area contributed by atoms with Crippen LogP contribution in [0.1, 0.15) is 28.0 Å². The molecular weight excluding hydrogens is 206 g/mol. The minimum Gasteiger partial charge on any atom is -0.352 e. The fraction of sp³-hybridized carbons (Fsp3) is 0.364. The third-order valence-electron chi connectivity index (χ3n) is 2.33. The van der Waals surface area contributed by atoms with Crippen LogP contribution in [-0.4, -0.2) is 22.6 Å². The molecule has 1 aromatic rings. The summed E-state index contributed by atoms with van der Waals surface area (Å²) in [5.41, 5.74) is 0.934. The molecule has 1 rings (SSSR count). The van der Waals surface area contributed by atoms with E-state index in [2.05, 4.69) is 22.1 Å². The van der Waals surface area contributed by atoms with E-state index in [4.69, 9.17) is 0 Å². The smallest absolute Gasteiger partial charge is 0.277 e. The molecule has 0 saturated heterocycles. The highest BCUT2D eigenvalue weighted by atomic mass is 16.2. The van der Waals surface area contributed by atoms with Crippen LogP contribution in [0.3, 0.4) is 0 Å². The van der Waals surface area contributed by atoms with Crippen molar-refractivity contribution in [2.75, 3.05) is 6.54 Å². The topological polar surface area (TPSA) is 74.8 Å². The maximum absolute atomic E-state index is 11.7. The van der Waals surface area contributed by atoms with Crippen molar-refractivity contribution in [1.82, 2.24) is 15.5 Å². The van der Waals surface area contributed by atoms with Gasteiger partial charge >= 0.3 is 0 Å². The molecule has 1 heterocycles. The fourth-order valence-electron chi connectivity index (χ4n) is 1.28. The van der Waals surface area contributed by atoms with Crippen molar-refractivity contribution in [1.29, 1.82) is 0 Å². The second kappa shape index (κ2) is 5.25. The van der Waals surface area contributed by atoms with Crippen LogP contribution in [-0.2, 0) is 0 Å². The third kappa shape index (κ3) is 2.56. The molecule has 0 aliphatic carbocycles. The summed E-state index contributed by atoms with van der Waals surface area (Å²) in [6, 6.07) is 0. The molecule has 0 spiro atoms. The van der Waals surface area contributed by atoms with Crippen molar-refractivity contribution in [2.45, 2.75) is 20.3 Å². The standard InChI is InChI=1S/C11H15N3O2/c1-4-5-6-12-10(15)9-7(2)8(3)13-14-11(9)16/h4H,1,5-6H2,2-3H3,(H,12,15)(H,14,16). The molecule has 0 radical (unpaired) electrons. The largest absolute Gasteiger partial charge is 0.352 e. The number of hydrogen-bond donors (Lipinski definition) is 2. The number of nitrogens with one attached hydrogen (secondary N) is 2. The van der Waals surface area contributed by atoms with Gasteiger partial charge in [0.1, 0.15) is 5.56 Å². The van der Waals surface area contributed by atoms with Gasteiger partial charge in [-0.2, -0.15) is 5.10 Å². The van der Waals surface area contributed by atoms with Crippen molar-refractivity contribution < 1.29 is 4.79 Å². The Labute approximate surface area is 93.6 Å². The summed E-state index contributed by atoms with van der Waals surface area (Å²) in [4.78, 5) is 23.2. The van der Waals surface area contributed by atoms with Gasteiger partial charge in [-0.25, -0.2) is 5.10 Å². The van der Waals surface area contributed by atoms with Gasteiger partial charge in [0.2, 0.25) is 0 Å². The van der Waals surface area contributed by atoms with Gasteiger partial charge in [0, 0.05) is 6.54 Å². The van der Waals surface area contributed by atoms with Gasteiger partial charge < -0.3 is 5.32 Å². The Hall–Kier alpha value is -1.91. The highest BCUT2D eigenvalue weighted by Gasteiger charge is 2.15. The Morgan fingerprint density at radius 3 is 2.88 bits per heavy atom. The molecule has 0 bridgehead atoms. The molecule has 0 aliphatic rings. The van der Waals surface area contributed by atoms with Gasteiger partial charge in [0.05, 0.1) is 5.69 Å². The fourth-order valence-corrected chi connectivity index (χ4v) is 1.28. The summed E-state index contributed by atoms with van der Waals surface area (Å²) < 4.78 is 0. The van der Waals surface area contributed by atoms with Crippen molar-refractivity contribution >= 4 is 5.91 Å². The zero-order chi connectivity index (χ0) is 12.1. The Morgan fingerprint density at radius 1 is 1.56 bits per heavy atom. The van der Waals surface area contributed by atoms with E-state index >= 15 is 0 Å². The van der Waals surface area contributed by atoms with Crippen molar-refractivity contribution in [3.05, 3.63) is 39.8 Å². The maximum atomic E-state index is 11.7. The third-order valence-corrected chi connectivity index (χ3v) is 2.33. The number of carbonyl (C=O) groups excluding carboxylic acids is 1. The predicted octanol–water partition coefficient (Wildman–Crippen LogP) is 0.693. The second-order valence-corrected chi connectivity index (χ2v) is 3.47. The first-order chi connectivity index (χ1) is 7.57. The van der Waals surface area contributed by atoms with Crippen LogP contribution in [0.15, 0.2) is 17.4 Å². The molecule has 0 unspecified atom stereocenters. The minimum atomic E-state index is -0.459. The molecule has 1 amide bonds. The molecule has 1 aromatic heterocycles. The summed E-state index contributed by atoms with van der Waals surface area (Å²) >= 11 is 0. The number of aromatic amines is 1. The van der Waals surface area contributed by atoms with Gasteiger partial charge in [-0.15, -0.1) is 6.58 Å². The number of nitrogens with zero attached hydrogens (tertiary/aromatic N) is 1. The van der Waals surface area contributed by atoms with Crippen LogP contribution in [0.4, 0.5) is 0 Å². The number of aryl methyl sites for hydroxylation is 1. The number of rotatable bonds is 4. The van der Waals surface area contributed by atoms with Crippen LogP contribution in [0.5, 0.6) is 0 Å². The van der Waals surface area contributed by atoms with Crippen LogP contribution in [0.25, 0.3) is 0 Å². The van der Waals surface area contributed by atoms with Gasteiger partial charge in [0.25, 0.3) is 11.5 Å². The molecule has 0 atom stereocenters. The van der Waals surface area contributed by atoms with Crippen molar-refractivity contribution in [3.8, 4) is 0 Å². The van der Waals surface area contributed by atoms with Gasteiger partial charge in [-0.3, -0.25) is 9.59 Å². The molecule has 0 saturated carbocycles. The van der Waals surface area contributed by atoms with Crippen molar-refractivity contribution in [2.24, 2.45) is 0 Å². The second-order valence-electron chi connectivity index (χ2n) is 3.47. The number of H-pyrrole nitrogens is 1. The van der Waals surface area contributed by atoms with Gasteiger partial charge in [-0.05, 0) is 25.8 Å². The van der Waals surface area contributed by atoms with E-state index in [0.717, 1.165) is 0 Å². The Bertz CT molecular complexity index is 463. The van der Waals surface area contributed by atoms with E-state index in [1.54, 1.807) is 19.9 Å². The van der Waals surface area contributed by atoms with E-state index in [1.165, 1.54) is 0 Å². The lowest BCUT2D eigenvalue weighted by molar-refractivity contribution is 0.0952. The zero-order valence-electron chi connectivity index (χ0n) is 9.46. The molecule has 0 fully saturated rings. The SMILES string of the molecule is C=CCCNC(=O)c1c(C)c(C)n[nH]c1=O. The highest BCUT2D eigenvalue weighted by Crippen LogP contribution is 2.04. The Balaban J connectivity index is 2.95. The molecule has 16 heavy (non-hydrogen) atoms. The average molecular weight is 221 g/mol. The summed E-state index contributed by atoms with van der Waals surface area (Å²) in [5, 5.41) is 8.73. The lowest BCUT2D eigenvalue weighted by Gasteiger charge is -2.06. The number of hydrogen-bond acceptors (Lipinski definition) is 3. The lowest BCUT2D eigenvalue weighted by Crippen LogP contribution is -2.32. The van der Waals surface area contributed by atoms with Gasteiger partial charge in [0.15, 0.2) is 0 Å². The van der Waals surface area contributed by atoms with E-state index in [-0.39, 0.29) is 11.5 Å². The van der Waals surface area contributed by atoms with Crippen LogP contribution >= 0.6 is 0 Å². The molecular formula is C11H15N3O2. The summed E-state index contributed by atoms with van der Waals surface area (Å²) in [6.07, 6.45) is 2.38. The maximum Gasteiger partial charge on any atom is 0.277 e. The monoisotopic (exact) mass is 221 g/mol. The molecule has 0 aromatic carbocycles. The molecule has 5 nitrogen and oxygen atoms in total. The van der Waals surface area contributed by atoms with Crippen molar-refractivity contribution in [3.63, 3.8) is 0 Å². The molecule has 2 N–H and O–H groups in total. The van der Waals surface area contributed by atoms with E-state index < -0.39 is 5.56 Å². The quantitative estimate of drug-likeness (QED) is 0.580. The molecule has 86 valence electrons. The summed E-state index contributed by atoms with van der Waals surface area (Å²) in [7, 11) is 0.